The first kappa shape index (κ1) is 15.0. The molecule has 3 rings (SSSR count). The lowest BCUT2D eigenvalue weighted by Crippen LogP contribution is -2.43. The quantitative estimate of drug-likeness (QED) is 0.620. The monoisotopic (exact) mass is 312 g/mol. The van der Waals surface area contributed by atoms with E-state index in [1.165, 1.54) is 25.7 Å². The molecule has 21 heavy (non-hydrogen) atoms. The molecule has 1 saturated heterocycles. The van der Waals surface area contributed by atoms with Crippen LogP contribution in [0.4, 0.5) is 0 Å². The Kier molecular flexibility index (Phi) is 4.33. The molecule has 1 saturated carbocycles. The second-order valence-corrected chi connectivity index (χ2v) is 8.59. The van der Waals surface area contributed by atoms with Crippen LogP contribution in [0, 0.1) is 5.92 Å². The van der Waals surface area contributed by atoms with Crippen LogP contribution < -0.4 is 11.3 Å². The Morgan fingerprint density at radius 3 is 2.76 bits per heavy atom. The van der Waals surface area contributed by atoms with Gasteiger partial charge in [-0.3, -0.25) is 16.0 Å². The summed E-state index contributed by atoms with van der Waals surface area (Å²) in [4.78, 5) is 0. The molecule has 1 aromatic heterocycles. The molecular weight excluding hydrogens is 288 g/mol. The second kappa shape index (κ2) is 6.06. The average molecular weight is 312 g/mol. The Labute approximate surface area is 126 Å². The van der Waals surface area contributed by atoms with Crippen LogP contribution in [0.5, 0.6) is 0 Å². The van der Waals surface area contributed by atoms with Crippen LogP contribution in [0.1, 0.15) is 43.8 Å². The van der Waals surface area contributed by atoms with Crippen molar-refractivity contribution in [3.8, 4) is 0 Å². The van der Waals surface area contributed by atoms with Crippen molar-refractivity contribution in [2.24, 2.45) is 11.8 Å². The van der Waals surface area contributed by atoms with Gasteiger partial charge in [0.1, 0.15) is 0 Å². The molecule has 1 aliphatic heterocycles. The molecule has 0 aromatic carbocycles. The molecule has 2 heterocycles. The van der Waals surface area contributed by atoms with E-state index in [2.05, 4.69) is 15.2 Å². The third kappa shape index (κ3) is 3.46. The van der Waals surface area contributed by atoms with Crippen molar-refractivity contribution in [1.82, 2.24) is 15.2 Å². The Hall–Kier alpha value is -0.920. The summed E-state index contributed by atoms with van der Waals surface area (Å²) in [5.74, 6) is 6.26. The number of sulfone groups is 1. The lowest BCUT2D eigenvalue weighted by Gasteiger charge is -2.20. The van der Waals surface area contributed by atoms with Gasteiger partial charge in [-0.25, -0.2) is 8.42 Å². The van der Waals surface area contributed by atoms with Crippen LogP contribution in [0.3, 0.4) is 0 Å². The third-order valence-electron chi connectivity index (χ3n) is 4.84. The first-order chi connectivity index (χ1) is 10.1. The molecular formula is C14H24N4O2S. The summed E-state index contributed by atoms with van der Waals surface area (Å²) in [5, 5.41) is 4.66. The van der Waals surface area contributed by atoms with E-state index in [1.807, 2.05) is 12.3 Å². The van der Waals surface area contributed by atoms with E-state index in [0.29, 0.717) is 18.9 Å². The fourth-order valence-electron chi connectivity index (χ4n) is 3.59. The Morgan fingerprint density at radius 1 is 1.38 bits per heavy atom. The molecule has 6 nitrogen and oxygen atoms in total. The van der Waals surface area contributed by atoms with E-state index in [-0.39, 0.29) is 23.5 Å². The van der Waals surface area contributed by atoms with Gasteiger partial charge in [0, 0.05) is 18.7 Å². The maximum absolute atomic E-state index is 11.6. The van der Waals surface area contributed by atoms with Gasteiger partial charge in [0.2, 0.25) is 0 Å². The maximum Gasteiger partial charge on any atom is 0.150 e. The molecule has 2 atom stereocenters. The van der Waals surface area contributed by atoms with Crippen LogP contribution in [0.25, 0.3) is 0 Å². The van der Waals surface area contributed by atoms with Crippen molar-refractivity contribution in [3.05, 3.63) is 18.0 Å². The van der Waals surface area contributed by atoms with Gasteiger partial charge in [-0.2, -0.15) is 5.10 Å². The number of nitrogens with zero attached hydrogens (tertiary/aromatic N) is 2. The first-order valence-electron chi connectivity index (χ1n) is 7.78. The molecule has 1 aliphatic carbocycles. The molecule has 0 spiro atoms. The van der Waals surface area contributed by atoms with Crippen LogP contribution in [0.15, 0.2) is 12.3 Å². The molecule has 0 radical (unpaired) electrons. The van der Waals surface area contributed by atoms with E-state index >= 15 is 0 Å². The molecule has 3 N–H and O–H groups in total. The zero-order valence-electron chi connectivity index (χ0n) is 12.2. The SMILES string of the molecule is NNC(Cc1ccn(C2CCCC2)n1)C1CCS(=O)(=O)C1. The van der Waals surface area contributed by atoms with E-state index in [4.69, 9.17) is 5.84 Å². The molecule has 2 unspecified atom stereocenters. The molecule has 118 valence electrons. The predicted octanol–water partition coefficient (Wildman–Crippen LogP) is 0.807. The summed E-state index contributed by atoms with van der Waals surface area (Å²) in [7, 11) is -2.87. The van der Waals surface area contributed by atoms with Gasteiger partial charge in [0.05, 0.1) is 23.2 Å². The Morgan fingerprint density at radius 2 is 2.14 bits per heavy atom. The van der Waals surface area contributed by atoms with Crippen LogP contribution >= 0.6 is 0 Å². The highest BCUT2D eigenvalue weighted by Crippen LogP contribution is 2.29. The number of hydrazine groups is 1. The van der Waals surface area contributed by atoms with Gasteiger partial charge >= 0.3 is 0 Å². The second-order valence-electron chi connectivity index (χ2n) is 6.37. The standard InChI is InChI=1S/C14H24N4O2S/c15-16-14(11-6-8-21(19,20)10-11)9-12-5-7-18(17-12)13-3-1-2-4-13/h5,7,11,13-14,16H,1-4,6,8-10,15H2. The van der Waals surface area contributed by atoms with E-state index in [1.54, 1.807) is 0 Å². The minimum absolute atomic E-state index is 0.0193. The fourth-order valence-corrected chi connectivity index (χ4v) is 5.47. The summed E-state index contributed by atoms with van der Waals surface area (Å²) in [6.07, 6.45) is 8.42. The van der Waals surface area contributed by atoms with Crippen molar-refractivity contribution >= 4 is 9.84 Å². The lowest BCUT2D eigenvalue weighted by molar-refractivity contribution is 0.378. The van der Waals surface area contributed by atoms with Gasteiger partial charge < -0.3 is 0 Å². The van der Waals surface area contributed by atoms with Gasteiger partial charge in [-0.05, 0) is 31.2 Å². The number of hydrogen-bond donors (Lipinski definition) is 2. The molecule has 1 aromatic rings. The minimum Gasteiger partial charge on any atom is -0.271 e. The average Bonchev–Trinajstić information content (AvgIpc) is 3.15. The number of nitrogens with one attached hydrogen (secondary N) is 1. The summed E-state index contributed by atoms with van der Waals surface area (Å²) < 4.78 is 25.3. The smallest absolute Gasteiger partial charge is 0.150 e. The van der Waals surface area contributed by atoms with E-state index < -0.39 is 9.84 Å². The van der Waals surface area contributed by atoms with E-state index in [0.717, 1.165) is 5.69 Å². The Balaban J connectivity index is 1.64. The number of rotatable bonds is 5. The van der Waals surface area contributed by atoms with Crippen molar-refractivity contribution < 1.29 is 8.42 Å². The van der Waals surface area contributed by atoms with Crippen LogP contribution in [-0.4, -0.2) is 35.7 Å². The normalized spacial score (nSPS) is 27.2. The zero-order chi connectivity index (χ0) is 14.9. The largest absolute Gasteiger partial charge is 0.271 e. The molecule has 7 heteroatoms. The third-order valence-corrected chi connectivity index (χ3v) is 6.64. The molecule has 2 fully saturated rings. The molecule has 0 amide bonds. The van der Waals surface area contributed by atoms with E-state index in [9.17, 15) is 8.42 Å². The Bertz CT molecular complexity index is 578. The highest BCUT2D eigenvalue weighted by molar-refractivity contribution is 7.91. The van der Waals surface area contributed by atoms with Crippen molar-refractivity contribution in [2.75, 3.05) is 11.5 Å². The molecule has 0 bridgehead atoms. The van der Waals surface area contributed by atoms with Gasteiger partial charge in [0.25, 0.3) is 0 Å². The van der Waals surface area contributed by atoms with Crippen molar-refractivity contribution in [2.45, 2.75) is 50.6 Å². The predicted molar refractivity (Wildman–Crippen MR) is 81.3 cm³/mol. The first-order valence-corrected chi connectivity index (χ1v) is 9.60. The van der Waals surface area contributed by atoms with Gasteiger partial charge in [-0.1, -0.05) is 12.8 Å². The summed E-state index contributed by atoms with van der Waals surface area (Å²) in [6, 6.07) is 2.55. The number of aromatic nitrogens is 2. The van der Waals surface area contributed by atoms with Crippen molar-refractivity contribution in [3.63, 3.8) is 0 Å². The van der Waals surface area contributed by atoms with Gasteiger partial charge in [-0.15, -0.1) is 0 Å². The molecule has 2 aliphatic rings. The maximum atomic E-state index is 11.6. The van der Waals surface area contributed by atoms with Gasteiger partial charge in [0.15, 0.2) is 9.84 Å². The summed E-state index contributed by atoms with van der Waals surface area (Å²) >= 11 is 0. The highest BCUT2D eigenvalue weighted by Gasteiger charge is 2.33. The number of nitrogens with two attached hydrogens (primary N) is 1. The van der Waals surface area contributed by atoms with Crippen molar-refractivity contribution in [1.29, 1.82) is 0 Å². The fraction of sp³-hybridized carbons (Fsp3) is 0.786. The summed E-state index contributed by atoms with van der Waals surface area (Å²) in [5.41, 5.74) is 3.79. The highest BCUT2D eigenvalue weighted by atomic mass is 32.2. The van der Waals surface area contributed by atoms with Crippen LogP contribution in [0.2, 0.25) is 0 Å². The number of hydrogen-bond acceptors (Lipinski definition) is 5. The summed E-state index contributed by atoms with van der Waals surface area (Å²) in [6.45, 7) is 0. The minimum atomic E-state index is -2.87. The topological polar surface area (TPSA) is 90.0 Å². The zero-order valence-corrected chi connectivity index (χ0v) is 13.1. The van der Waals surface area contributed by atoms with Crippen LogP contribution in [-0.2, 0) is 16.3 Å². The lowest BCUT2D eigenvalue weighted by atomic mass is 9.96.